The molecule has 4 N–H and O–H groups in total. The fourth-order valence-electron chi connectivity index (χ4n) is 6.45. The highest BCUT2D eigenvalue weighted by Gasteiger charge is 2.35. The molecular formula is C38H58O6S. The lowest BCUT2D eigenvalue weighted by Gasteiger charge is -2.32. The van der Waals surface area contributed by atoms with Gasteiger partial charge >= 0.3 is 11.9 Å². The van der Waals surface area contributed by atoms with Gasteiger partial charge in [-0.3, -0.25) is 9.59 Å². The van der Waals surface area contributed by atoms with E-state index in [0.717, 1.165) is 56.3 Å². The first-order valence-corrected chi connectivity index (χ1v) is 17.1. The van der Waals surface area contributed by atoms with E-state index in [1.165, 1.54) is 0 Å². The van der Waals surface area contributed by atoms with Crippen LogP contribution in [0.3, 0.4) is 0 Å². The maximum Gasteiger partial charge on any atom is 0.316 e. The van der Waals surface area contributed by atoms with Gasteiger partial charge in [0.25, 0.3) is 0 Å². The number of thioether (sulfide) groups is 1. The molecule has 2 rings (SSSR count). The Morgan fingerprint density at radius 3 is 1.09 bits per heavy atom. The van der Waals surface area contributed by atoms with E-state index in [4.69, 9.17) is 0 Å². The van der Waals surface area contributed by atoms with E-state index in [2.05, 4.69) is 0 Å². The first-order chi connectivity index (χ1) is 20.3. The lowest BCUT2D eigenvalue weighted by Crippen LogP contribution is -2.30. The van der Waals surface area contributed by atoms with Crippen LogP contribution in [0, 0.1) is 0 Å². The van der Waals surface area contributed by atoms with Crippen LogP contribution in [-0.4, -0.2) is 42.9 Å². The number of benzene rings is 2. The lowest BCUT2D eigenvalue weighted by molar-refractivity contribution is -0.136. The van der Waals surface area contributed by atoms with Crippen LogP contribution >= 0.6 is 11.8 Å². The molecule has 0 radical (unpaired) electrons. The number of phenols is 2. The molecule has 0 aliphatic rings. The maximum atomic E-state index is 12.8. The molecule has 0 amide bonds. The number of carboxylic acids is 2. The van der Waals surface area contributed by atoms with Crippen LogP contribution in [0.4, 0.5) is 0 Å². The number of carbonyl (C=O) groups is 2. The van der Waals surface area contributed by atoms with Crippen LogP contribution < -0.4 is 0 Å². The maximum absolute atomic E-state index is 12.8. The summed E-state index contributed by atoms with van der Waals surface area (Å²) in [5.41, 5.74) is 5.11. The van der Waals surface area contributed by atoms with Gasteiger partial charge in [-0.2, -0.15) is 0 Å². The Morgan fingerprint density at radius 2 is 0.889 bits per heavy atom. The van der Waals surface area contributed by atoms with Crippen LogP contribution in [0.15, 0.2) is 12.1 Å². The molecule has 0 fully saturated rings. The van der Waals surface area contributed by atoms with E-state index >= 15 is 0 Å². The summed E-state index contributed by atoms with van der Waals surface area (Å²) in [7, 11) is 0. The zero-order valence-electron chi connectivity index (χ0n) is 30.2. The first kappa shape index (κ1) is 38.5. The van der Waals surface area contributed by atoms with E-state index in [0.29, 0.717) is 12.8 Å². The average molecular weight is 643 g/mol. The van der Waals surface area contributed by atoms with E-state index < -0.39 is 22.4 Å². The van der Waals surface area contributed by atoms with Crippen molar-refractivity contribution < 1.29 is 30.0 Å². The summed E-state index contributed by atoms with van der Waals surface area (Å²) < 4.78 is 0. The largest absolute Gasteiger partial charge is 0.507 e. The SMILES string of the molecule is CCc1c(CC(SC(Cc2cc(C(C)(C)C)c(O)c(C(C)(C)C)c2CC)C(=O)O)C(=O)O)cc(C(C)(C)C)c(O)c1C(C)(C)C. The Labute approximate surface area is 276 Å². The third kappa shape index (κ3) is 8.78. The molecule has 0 aliphatic carbocycles. The molecule has 2 aromatic rings. The van der Waals surface area contributed by atoms with Gasteiger partial charge in [-0.1, -0.05) is 109 Å². The van der Waals surface area contributed by atoms with Gasteiger partial charge in [0.05, 0.1) is 0 Å². The standard InChI is InChI=1S/C38H58O6S/c1-15-23-21(17-25(35(3,4)5)31(39)29(23)37(9,10)11)19-27(33(41)42)45-28(34(43)44)20-22-18-26(36(6,7)8)32(40)30(24(22)16-2)38(12,13)14/h17-18,27-28,39-40H,15-16,19-20H2,1-14H3,(H,41,42)(H,43,44). The van der Waals surface area contributed by atoms with Gasteiger partial charge in [0.15, 0.2) is 0 Å². The minimum Gasteiger partial charge on any atom is -0.507 e. The number of rotatable bonds is 10. The van der Waals surface area contributed by atoms with Crippen molar-refractivity contribution in [2.75, 3.05) is 0 Å². The van der Waals surface area contributed by atoms with Crippen molar-refractivity contribution in [2.45, 2.75) is 155 Å². The fourth-order valence-corrected chi connectivity index (χ4v) is 7.63. The minimum absolute atomic E-state index is 0.135. The summed E-state index contributed by atoms with van der Waals surface area (Å²) in [6.45, 7) is 28.4. The van der Waals surface area contributed by atoms with Gasteiger partial charge in [-0.15, -0.1) is 11.8 Å². The molecule has 0 spiro atoms. The van der Waals surface area contributed by atoms with Crippen molar-refractivity contribution in [1.29, 1.82) is 0 Å². The van der Waals surface area contributed by atoms with E-state index in [-0.39, 0.29) is 46.0 Å². The molecule has 0 saturated heterocycles. The Balaban J connectivity index is 2.73. The summed E-state index contributed by atoms with van der Waals surface area (Å²) in [5, 5.41) is 41.7. The Morgan fingerprint density at radius 1 is 0.600 bits per heavy atom. The van der Waals surface area contributed by atoms with Gasteiger partial charge < -0.3 is 20.4 Å². The molecule has 0 heterocycles. The molecule has 2 unspecified atom stereocenters. The van der Waals surface area contributed by atoms with E-state index in [1.54, 1.807) is 0 Å². The number of aromatic hydroxyl groups is 2. The van der Waals surface area contributed by atoms with Gasteiger partial charge in [0.2, 0.25) is 0 Å². The predicted molar refractivity (Wildman–Crippen MR) is 188 cm³/mol. The van der Waals surface area contributed by atoms with Gasteiger partial charge in [0, 0.05) is 11.1 Å². The minimum atomic E-state index is -1.07. The smallest absolute Gasteiger partial charge is 0.316 e. The third-order valence-corrected chi connectivity index (χ3v) is 9.91. The molecule has 0 aliphatic heterocycles. The van der Waals surface area contributed by atoms with Crippen LogP contribution in [0.2, 0.25) is 0 Å². The monoisotopic (exact) mass is 642 g/mol. The molecule has 252 valence electrons. The average Bonchev–Trinajstić information content (AvgIpc) is 2.85. The lowest BCUT2D eigenvalue weighted by atomic mass is 9.74. The van der Waals surface area contributed by atoms with Crippen LogP contribution in [0.5, 0.6) is 11.5 Å². The van der Waals surface area contributed by atoms with Crippen molar-refractivity contribution in [1.82, 2.24) is 0 Å². The molecule has 45 heavy (non-hydrogen) atoms. The quantitative estimate of drug-likeness (QED) is 0.205. The Bertz CT molecular complexity index is 1300. The highest BCUT2D eigenvalue weighted by atomic mass is 32.2. The van der Waals surface area contributed by atoms with Crippen molar-refractivity contribution >= 4 is 23.7 Å². The zero-order chi connectivity index (χ0) is 35.0. The fraction of sp³-hybridized carbons (Fsp3) is 0.632. The number of hydrogen-bond acceptors (Lipinski definition) is 5. The number of aliphatic carboxylic acids is 2. The molecule has 2 aromatic carbocycles. The number of carboxylic acid groups (broad SMARTS) is 2. The van der Waals surface area contributed by atoms with Gasteiger partial charge in [0.1, 0.15) is 22.0 Å². The molecule has 0 aromatic heterocycles. The topological polar surface area (TPSA) is 115 Å². The van der Waals surface area contributed by atoms with E-state index in [9.17, 15) is 30.0 Å². The zero-order valence-corrected chi connectivity index (χ0v) is 31.0. The van der Waals surface area contributed by atoms with E-state index in [1.807, 2.05) is 109 Å². The van der Waals surface area contributed by atoms with Crippen molar-refractivity contribution in [3.8, 4) is 11.5 Å². The summed E-state index contributed by atoms with van der Waals surface area (Å²) in [6, 6.07) is 3.85. The number of hydrogen-bond donors (Lipinski definition) is 4. The molecule has 2 atom stereocenters. The van der Waals surface area contributed by atoms with Crippen molar-refractivity contribution in [3.63, 3.8) is 0 Å². The van der Waals surface area contributed by atoms with Crippen molar-refractivity contribution in [3.05, 3.63) is 56.6 Å². The van der Waals surface area contributed by atoms with Gasteiger partial charge in [-0.25, -0.2) is 0 Å². The Hall–Kier alpha value is -2.67. The second-order valence-electron chi connectivity index (χ2n) is 16.5. The molecule has 0 bridgehead atoms. The first-order valence-electron chi connectivity index (χ1n) is 16.2. The highest BCUT2D eigenvalue weighted by molar-refractivity contribution is 8.01. The molecule has 0 saturated carbocycles. The Kier molecular flexibility index (Phi) is 11.6. The predicted octanol–water partition coefficient (Wildman–Crippen LogP) is 8.84. The molecular weight excluding hydrogens is 584 g/mol. The second kappa shape index (κ2) is 13.6. The highest BCUT2D eigenvalue weighted by Crippen LogP contribution is 2.45. The second-order valence-corrected chi connectivity index (χ2v) is 17.9. The summed E-state index contributed by atoms with van der Waals surface area (Å²) >= 11 is 0.972. The summed E-state index contributed by atoms with van der Waals surface area (Å²) in [5.74, 6) is -1.63. The van der Waals surface area contributed by atoms with Crippen molar-refractivity contribution in [2.24, 2.45) is 0 Å². The summed E-state index contributed by atoms with van der Waals surface area (Å²) in [6.07, 6.45) is 1.49. The molecule has 6 nitrogen and oxygen atoms in total. The van der Waals surface area contributed by atoms with Crippen LogP contribution in [-0.2, 0) is 56.9 Å². The summed E-state index contributed by atoms with van der Waals surface area (Å²) in [4.78, 5) is 25.6. The van der Waals surface area contributed by atoms with Crippen LogP contribution in [0.1, 0.15) is 141 Å². The van der Waals surface area contributed by atoms with Gasteiger partial charge in [-0.05, 0) is 80.7 Å². The number of phenolic OH excluding ortho intramolecular Hbond substituents is 2. The third-order valence-electron chi connectivity index (χ3n) is 8.51. The normalized spacial score (nSPS) is 14.4. The molecule has 7 heteroatoms. The van der Waals surface area contributed by atoms with Crippen LogP contribution in [0.25, 0.3) is 0 Å².